The largest absolute Gasteiger partial charge is 1.00 e. The smallest absolute Gasteiger partial charge is 0.298 e. The molecule has 0 aliphatic carbocycles. The van der Waals surface area contributed by atoms with Crippen LogP contribution in [0.2, 0.25) is 0 Å². The van der Waals surface area contributed by atoms with Gasteiger partial charge in [0.1, 0.15) is 6.29 Å². The number of benzene rings is 1. The fourth-order valence-corrected chi connectivity index (χ4v) is 0.645. The van der Waals surface area contributed by atoms with Crippen molar-refractivity contribution >= 4 is 6.29 Å². The third-order valence-corrected chi connectivity index (χ3v) is 1.21. The molecule has 0 amide bonds. The summed E-state index contributed by atoms with van der Waals surface area (Å²) in [6.07, 6.45) is 0.847. The average Bonchev–Trinajstić information content (AvgIpc) is 1.90. The van der Waals surface area contributed by atoms with E-state index in [1.807, 2.05) is 31.2 Å². The van der Waals surface area contributed by atoms with Gasteiger partial charge in [-0.3, -0.25) is 4.79 Å². The van der Waals surface area contributed by atoms with Crippen LogP contribution in [0, 0.1) is 6.92 Å². The quantitative estimate of drug-likeness (QED) is 0.519. The summed E-state index contributed by atoms with van der Waals surface area (Å²) >= 11 is 0. The molecule has 0 radical (unpaired) electrons. The third-order valence-electron chi connectivity index (χ3n) is 1.21. The monoisotopic (exact) mass is 121 g/mol. The van der Waals surface area contributed by atoms with Crippen molar-refractivity contribution in [2.24, 2.45) is 0 Å². The number of aldehydes is 1. The summed E-state index contributed by atoms with van der Waals surface area (Å²) in [7, 11) is 0. The Morgan fingerprint density at radius 3 is 2.33 bits per heavy atom. The van der Waals surface area contributed by atoms with Crippen molar-refractivity contribution in [3.05, 3.63) is 35.4 Å². The molecule has 1 aromatic rings. The molecule has 9 heavy (non-hydrogen) atoms. The first-order chi connectivity index (χ1) is 4.33. The summed E-state index contributed by atoms with van der Waals surface area (Å²) in [6.45, 7) is 1.99. The molecule has 0 aliphatic rings. The summed E-state index contributed by atoms with van der Waals surface area (Å²) in [6, 6.07) is 7.46. The summed E-state index contributed by atoms with van der Waals surface area (Å²) in [4.78, 5) is 10.1. The van der Waals surface area contributed by atoms with Gasteiger partial charge in [-0.15, -0.1) is 0 Å². The molecule has 0 bridgehead atoms. The first kappa shape index (κ1) is 6.02. The Bertz CT molecular complexity index is 203. The minimum absolute atomic E-state index is 0. The summed E-state index contributed by atoms with van der Waals surface area (Å²) in [5.41, 5.74) is 1.92. The van der Waals surface area contributed by atoms with E-state index in [9.17, 15) is 4.79 Å². The predicted octanol–water partition coefficient (Wildman–Crippen LogP) is 1.92. The SMILES string of the molecule is Cc1ccc(C=O)cc1.[H+]. The van der Waals surface area contributed by atoms with Crippen LogP contribution >= 0.6 is 0 Å². The molecule has 46 valence electrons. The highest BCUT2D eigenvalue weighted by molar-refractivity contribution is 5.74. The van der Waals surface area contributed by atoms with E-state index in [1.165, 1.54) is 5.56 Å². The lowest BCUT2D eigenvalue weighted by Gasteiger charge is -1.89. The highest BCUT2D eigenvalue weighted by Crippen LogP contribution is 1.98. The van der Waals surface area contributed by atoms with Crippen LogP contribution in [0.5, 0.6) is 0 Å². The molecule has 0 unspecified atom stereocenters. The van der Waals surface area contributed by atoms with Crippen LogP contribution in [0.15, 0.2) is 24.3 Å². The Morgan fingerprint density at radius 1 is 1.33 bits per heavy atom. The molecule has 0 heterocycles. The second-order valence-electron chi connectivity index (χ2n) is 2.03. The van der Waals surface area contributed by atoms with Gasteiger partial charge in [0.15, 0.2) is 0 Å². The number of carbonyl (C=O) groups is 1. The molecule has 0 N–H and O–H groups in total. The van der Waals surface area contributed by atoms with E-state index in [0.29, 0.717) is 0 Å². The van der Waals surface area contributed by atoms with Crippen molar-refractivity contribution < 1.29 is 6.22 Å². The molecule has 0 atom stereocenters. The van der Waals surface area contributed by atoms with Crippen LogP contribution in [0.25, 0.3) is 0 Å². The third kappa shape index (κ3) is 1.39. The first-order valence-corrected chi connectivity index (χ1v) is 2.85. The minimum atomic E-state index is 0. The summed E-state index contributed by atoms with van der Waals surface area (Å²) < 4.78 is 0. The Balaban J connectivity index is 0.000000810. The maximum atomic E-state index is 10.1. The normalized spacial score (nSPS) is 9.00. The van der Waals surface area contributed by atoms with Crippen molar-refractivity contribution in [1.82, 2.24) is 0 Å². The molecular weight excluding hydrogens is 112 g/mol. The standard InChI is InChI=1S/C8H8O/c1-7-2-4-8(6-9)5-3-7/h2-6H,1H3/p+1. The van der Waals surface area contributed by atoms with Crippen LogP contribution in [-0.2, 0) is 0 Å². The number of hydrogen-bond acceptors (Lipinski definition) is 1. The Kier molecular flexibility index (Phi) is 1.63. The molecule has 0 spiro atoms. The van der Waals surface area contributed by atoms with Crippen molar-refractivity contribution in [1.29, 1.82) is 0 Å². The highest BCUT2D eigenvalue weighted by Gasteiger charge is 1.85. The zero-order valence-electron chi connectivity index (χ0n) is 6.29. The first-order valence-electron chi connectivity index (χ1n) is 2.85. The van der Waals surface area contributed by atoms with Crippen LogP contribution in [0.4, 0.5) is 0 Å². The molecule has 0 aliphatic heterocycles. The van der Waals surface area contributed by atoms with E-state index in [-0.39, 0.29) is 1.43 Å². The fraction of sp³-hybridized carbons (Fsp3) is 0.125. The van der Waals surface area contributed by atoms with E-state index >= 15 is 0 Å². The lowest BCUT2D eigenvalue weighted by Crippen LogP contribution is -1.77. The Morgan fingerprint density at radius 2 is 1.89 bits per heavy atom. The fourth-order valence-electron chi connectivity index (χ4n) is 0.645. The summed E-state index contributed by atoms with van der Waals surface area (Å²) in [5, 5.41) is 0. The van der Waals surface area contributed by atoms with Crippen LogP contribution < -0.4 is 0 Å². The summed E-state index contributed by atoms with van der Waals surface area (Å²) in [5.74, 6) is 0. The Labute approximate surface area is 55.8 Å². The van der Waals surface area contributed by atoms with Crippen LogP contribution in [0.1, 0.15) is 17.3 Å². The van der Waals surface area contributed by atoms with Gasteiger partial charge in [0.25, 0.3) is 0 Å². The van der Waals surface area contributed by atoms with Gasteiger partial charge in [0.05, 0.1) is 0 Å². The maximum absolute atomic E-state index is 10.1. The van der Waals surface area contributed by atoms with Crippen molar-refractivity contribution in [2.45, 2.75) is 6.92 Å². The molecule has 1 rings (SSSR count). The maximum Gasteiger partial charge on any atom is 1.00 e. The minimum Gasteiger partial charge on any atom is -0.298 e. The van der Waals surface area contributed by atoms with Crippen molar-refractivity contribution in [2.75, 3.05) is 0 Å². The second-order valence-corrected chi connectivity index (χ2v) is 2.03. The van der Waals surface area contributed by atoms with E-state index in [2.05, 4.69) is 0 Å². The highest BCUT2D eigenvalue weighted by atomic mass is 16.1. The van der Waals surface area contributed by atoms with Gasteiger partial charge in [-0.2, -0.15) is 0 Å². The number of aryl methyl sites for hydroxylation is 1. The van der Waals surface area contributed by atoms with Gasteiger partial charge in [-0.25, -0.2) is 0 Å². The van der Waals surface area contributed by atoms with Crippen LogP contribution in [-0.4, -0.2) is 6.29 Å². The van der Waals surface area contributed by atoms with Gasteiger partial charge in [-0.05, 0) is 6.92 Å². The molecule has 0 saturated carbocycles. The van der Waals surface area contributed by atoms with E-state index < -0.39 is 0 Å². The van der Waals surface area contributed by atoms with Gasteiger partial charge < -0.3 is 0 Å². The van der Waals surface area contributed by atoms with Crippen LogP contribution in [0.3, 0.4) is 0 Å². The van der Waals surface area contributed by atoms with Crippen molar-refractivity contribution in [3.63, 3.8) is 0 Å². The van der Waals surface area contributed by atoms with Gasteiger partial charge in [0.2, 0.25) is 0 Å². The second kappa shape index (κ2) is 2.44. The molecule has 0 saturated heterocycles. The Hall–Kier alpha value is -1.11. The van der Waals surface area contributed by atoms with Gasteiger partial charge >= 0.3 is 1.43 Å². The molecule has 1 heteroatoms. The number of hydrogen-bond donors (Lipinski definition) is 0. The lowest BCUT2D eigenvalue weighted by atomic mass is 10.2. The van der Waals surface area contributed by atoms with E-state index in [1.54, 1.807) is 0 Å². The van der Waals surface area contributed by atoms with Gasteiger partial charge in [0, 0.05) is 5.56 Å². The molecule has 1 nitrogen and oxygen atoms in total. The molecule has 0 fully saturated rings. The zero-order chi connectivity index (χ0) is 6.69. The zero-order valence-corrected chi connectivity index (χ0v) is 5.29. The molecule has 0 aromatic heterocycles. The average molecular weight is 121 g/mol. The lowest BCUT2D eigenvalue weighted by molar-refractivity contribution is 0.112. The molecular formula is C8H9O+. The number of rotatable bonds is 1. The van der Waals surface area contributed by atoms with E-state index in [4.69, 9.17) is 0 Å². The predicted molar refractivity (Wildman–Crippen MR) is 37.7 cm³/mol. The molecule has 1 aromatic carbocycles. The van der Waals surface area contributed by atoms with Gasteiger partial charge in [-0.1, -0.05) is 29.8 Å². The topological polar surface area (TPSA) is 17.1 Å². The van der Waals surface area contributed by atoms with E-state index in [0.717, 1.165) is 11.8 Å². The van der Waals surface area contributed by atoms with Crippen molar-refractivity contribution in [3.8, 4) is 0 Å². The number of carbonyl (C=O) groups excluding carboxylic acids is 1.